The van der Waals surface area contributed by atoms with Crippen LogP contribution in [0, 0.1) is 6.92 Å². The Kier molecular flexibility index (Phi) is 3.66. The first-order valence-corrected chi connectivity index (χ1v) is 7.49. The Labute approximate surface area is 119 Å². The zero-order valence-electron chi connectivity index (χ0n) is 11.9. The van der Waals surface area contributed by atoms with Crippen molar-refractivity contribution in [2.75, 3.05) is 13.1 Å². The molecule has 0 radical (unpaired) electrons. The molecule has 1 unspecified atom stereocenters. The van der Waals surface area contributed by atoms with Crippen LogP contribution < -0.4 is 5.32 Å². The SMILES string of the molecule is Cc1cc(C(=O)N(CC2CCCN2)C2CC2)ccc1O. The lowest BCUT2D eigenvalue weighted by Gasteiger charge is -2.26. The number of phenolic OH excluding ortho intramolecular Hbond substituents is 1. The fraction of sp³-hybridized carbons (Fsp3) is 0.562. The van der Waals surface area contributed by atoms with Gasteiger partial charge >= 0.3 is 0 Å². The van der Waals surface area contributed by atoms with Crippen LogP contribution in [0.4, 0.5) is 0 Å². The van der Waals surface area contributed by atoms with Crippen molar-refractivity contribution in [3.63, 3.8) is 0 Å². The molecule has 4 heteroatoms. The fourth-order valence-corrected chi connectivity index (χ4v) is 2.89. The molecule has 1 amide bonds. The Morgan fingerprint density at radius 2 is 2.20 bits per heavy atom. The van der Waals surface area contributed by atoms with E-state index in [1.165, 1.54) is 6.42 Å². The van der Waals surface area contributed by atoms with Gasteiger partial charge in [-0.2, -0.15) is 0 Å². The van der Waals surface area contributed by atoms with Crippen molar-refractivity contribution in [3.05, 3.63) is 29.3 Å². The van der Waals surface area contributed by atoms with E-state index >= 15 is 0 Å². The summed E-state index contributed by atoms with van der Waals surface area (Å²) in [6.07, 6.45) is 4.60. The summed E-state index contributed by atoms with van der Waals surface area (Å²) < 4.78 is 0. The molecule has 1 aliphatic carbocycles. The van der Waals surface area contributed by atoms with E-state index < -0.39 is 0 Å². The summed E-state index contributed by atoms with van der Waals surface area (Å²) in [5.41, 5.74) is 1.44. The van der Waals surface area contributed by atoms with Crippen molar-refractivity contribution in [1.82, 2.24) is 10.2 Å². The third-order valence-corrected chi connectivity index (χ3v) is 4.27. The highest BCUT2D eigenvalue weighted by Gasteiger charge is 2.35. The second-order valence-electron chi connectivity index (χ2n) is 5.98. The van der Waals surface area contributed by atoms with E-state index in [4.69, 9.17) is 0 Å². The van der Waals surface area contributed by atoms with E-state index in [1.54, 1.807) is 18.2 Å². The van der Waals surface area contributed by atoms with E-state index in [2.05, 4.69) is 5.32 Å². The number of nitrogens with one attached hydrogen (secondary N) is 1. The predicted molar refractivity (Wildman–Crippen MR) is 77.9 cm³/mol. The van der Waals surface area contributed by atoms with Gasteiger partial charge in [0, 0.05) is 24.2 Å². The third kappa shape index (κ3) is 2.80. The van der Waals surface area contributed by atoms with Crippen LogP contribution in [-0.2, 0) is 0 Å². The number of carbonyl (C=O) groups excluding carboxylic acids is 1. The first-order chi connectivity index (χ1) is 9.65. The fourth-order valence-electron chi connectivity index (χ4n) is 2.89. The van der Waals surface area contributed by atoms with Crippen molar-refractivity contribution in [1.29, 1.82) is 0 Å². The zero-order valence-corrected chi connectivity index (χ0v) is 11.9. The maximum atomic E-state index is 12.7. The molecule has 2 N–H and O–H groups in total. The third-order valence-electron chi connectivity index (χ3n) is 4.27. The van der Waals surface area contributed by atoms with Crippen LogP contribution in [0.1, 0.15) is 41.6 Å². The molecule has 20 heavy (non-hydrogen) atoms. The van der Waals surface area contributed by atoms with Gasteiger partial charge in [0.1, 0.15) is 5.75 Å². The summed E-state index contributed by atoms with van der Waals surface area (Å²) in [4.78, 5) is 14.7. The Balaban J connectivity index is 1.75. The van der Waals surface area contributed by atoms with Gasteiger partial charge in [-0.15, -0.1) is 0 Å². The topological polar surface area (TPSA) is 52.6 Å². The number of carbonyl (C=O) groups is 1. The van der Waals surface area contributed by atoms with E-state index in [1.807, 2.05) is 11.8 Å². The maximum absolute atomic E-state index is 12.7. The van der Waals surface area contributed by atoms with Crippen molar-refractivity contribution >= 4 is 5.91 Å². The number of aromatic hydroxyl groups is 1. The Morgan fingerprint density at radius 1 is 1.40 bits per heavy atom. The molecule has 0 bridgehead atoms. The summed E-state index contributed by atoms with van der Waals surface area (Å²) in [5.74, 6) is 0.348. The van der Waals surface area contributed by atoms with E-state index in [0.717, 1.165) is 37.9 Å². The van der Waals surface area contributed by atoms with Crippen LogP contribution in [0.5, 0.6) is 5.75 Å². The second-order valence-corrected chi connectivity index (χ2v) is 5.98. The van der Waals surface area contributed by atoms with Crippen LogP contribution in [0.2, 0.25) is 0 Å². The molecule has 2 fully saturated rings. The zero-order chi connectivity index (χ0) is 14.1. The van der Waals surface area contributed by atoms with Crippen LogP contribution in [0.25, 0.3) is 0 Å². The molecule has 0 spiro atoms. The van der Waals surface area contributed by atoms with Gasteiger partial charge < -0.3 is 15.3 Å². The summed E-state index contributed by atoms with van der Waals surface area (Å²) >= 11 is 0. The quantitative estimate of drug-likeness (QED) is 0.883. The van der Waals surface area contributed by atoms with Crippen molar-refractivity contribution < 1.29 is 9.90 Å². The van der Waals surface area contributed by atoms with Gasteiger partial charge in [0.05, 0.1) is 0 Å². The normalized spacial score (nSPS) is 21.9. The molecule has 1 aromatic rings. The lowest BCUT2D eigenvalue weighted by Crippen LogP contribution is -2.42. The molecule has 108 valence electrons. The van der Waals surface area contributed by atoms with Gasteiger partial charge in [0.25, 0.3) is 5.91 Å². The monoisotopic (exact) mass is 274 g/mol. The van der Waals surface area contributed by atoms with Crippen molar-refractivity contribution in [2.45, 2.75) is 44.7 Å². The van der Waals surface area contributed by atoms with E-state index in [0.29, 0.717) is 17.6 Å². The van der Waals surface area contributed by atoms with E-state index in [9.17, 15) is 9.90 Å². The van der Waals surface area contributed by atoms with Gasteiger partial charge in [-0.25, -0.2) is 0 Å². The molecular weight excluding hydrogens is 252 g/mol. The maximum Gasteiger partial charge on any atom is 0.254 e. The number of aryl methyl sites for hydroxylation is 1. The summed E-state index contributed by atoms with van der Waals surface area (Å²) in [5, 5.41) is 13.0. The molecule has 1 heterocycles. The largest absolute Gasteiger partial charge is 0.508 e. The number of amides is 1. The highest BCUT2D eigenvalue weighted by molar-refractivity contribution is 5.95. The minimum atomic E-state index is 0.101. The number of rotatable bonds is 4. The number of hydrogen-bond donors (Lipinski definition) is 2. The number of benzene rings is 1. The second kappa shape index (κ2) is 5.44. The molecule has 3 rings (SSSR count). The van der Waals surface area contributed by atoms with Gasteiger partial charge in [-0.05, 0) is 62.9 Å². The van der Waals surface area contributed by atoms with Gasteiger partial charge in [-0.3, -0.25) is 4.79 Å². The molecule has 1 saturated heterocycles. The summed E-state index contributed by atoms with van der Waals surface area (Å²) in [6.45, 7) is 3.70. The minimum absolute atomic E-state index is 0.101. The molecule has 2 aliphatic rings. The minimum Gasteiger partial charge on any atom is -0.508 e. The summed E-state index contributed by atoms with van der Waals surface area (Å²) in [6, 6.07) is 5.98. The van der Waals surface area contributed by atoms with Crippen molar-refractivity contribution in [2.24, 2.45) is 0 Å². The van der Waals surface area contributed by atoms with Crippen LogP contribution in [0.15, 0.2) is 18.2 Å². The smallest absolute Gasteiger partial charge is 0.254 e. The molecule has 0 aromatic heterocycles. The summed E-state index contributed by atoms with van der Waals surface area (Å²) in [7, 11) is 0. The average molecular weight is 274 g/mol. The van der Waals surface area contributed by atoms with Gasteiger partial charge in [-0.1, -0.05) is 0 Å². The Morgan fingerprint density at radius 3 is 2.80 bits per heavy atom. The Hall–Kier alpha value is -1.55. The standard InChI is InChI=1S/C16H22N2O2/c1-11-9-12(4-7-15(11)19)16(20)18(14-5-6-14)10-13-3-2-8-17-13/h4,7,9,13-14,17,19H,2-3,5-6,8,10H2,1H3. The highest BCUT2D eigenvalue weighted by atomic mass is 16.3. The number of nitrogens with zero attached hydrogens (tertiary/aromatic N) is 1. The van der Waals surface area contributed by atoms with Gasteiger partial charge in [0.15, 0.2) is 0 Å². The van der Waals surface area contributed by atoms with Crippen LogP contribution >= 0.6 is 0 Å². The van der Waals surface area contributed by atoms with Crippen LogP contribution in [0.3, 0.4) is 0 Å². The van der Waals surface area contributed by atoms with E-state index in [-0.39, 0.29) is 11.7 Å². The first kappa shape index (κ1) is 13.4. The molecule has 1 saturated carbocycles. The first-order valence-electron chi connectivity index (χ1n) is 7.49. The molecule has 4 nitrogen and oxygen atoms in total. The average Bonchev–Trinajstić information content (AvgIpc) is 3.15. The Bertz CT molecular complexity index is 505. The predicted octanol–water partition coefficient (Wildman–Crippen LogP) is 2.06. The van der Waals surface area contributed by atoms with Gasteiger partial charge in [0.2, 0.25) is 0 Å². The molecule has 1 aromatic carbocycles. The molecule has 1 aliphatic heterocycles. The van der Waals surface area contributed by atoms with Crippen LogP contribution in [-0.4, -0.2) is 41.1 Å². The lowest BCUT2D eigenvalue weighted by atomic mass is 10.1. The number of hydrogen-bond acceptors (Lipinski definition) is 3. The number of phenols is 1. The molecular formula is C16H22N2O2. The highest BCUT2D eigenvalue weighted by Crippen LogP contribution is 2.30. The lowest BCUT2D eigenvalue weighted by molar-refractivity contribution is 0.0728. The molecule has 1 atom stereocenters. The van der Waals surface area contributed by atoms with Crippen molar-refractivity contribution in [3.8, 4) is 5.75 Å².